The van der Waals surface area contributed by atoms with Gasteiger partial charge in [0.15, 0.2) is 0 Å². The van der Waals surface area contributed by atoms with Crippen molar-refractivity contribution in [1.29, 1.82) is 0 Å². The van der Waals surface area contributed by atoms with Crippen LogP contribution < -0.4 is 10.6 Å². The first-order chi connectivity index (χ1) is 11.6. The Bertz CT molecular complexity index is 764. The lowest BCUT2D eigenvalue weighted by molar-refractivity contribution is -0.138. The molecular formula is C14H12ClF3N4O2S. The lowest BCUT2D eigenvalue weighted by Crippen LogP contribution is -2.29. The first kappa shape index (κ1) is 19.1. The van der Waals surface area contributed by atoms with Crippen LogP contribution in [0.5, 0.6) is 0 Å². The Morgan fingerprint density at radius 3 is 2.40 bits per heavy atom. The lowest BCUT2D eigenvalue weighted by atomic mass is 10.0. The molecule has 2 N–H and O–H groups in total. The third kappa shape index (κ3) is 5.68. The molecule has 1 aromatic carbocycles. The lowest BCUT2D eigenvalue weighted by Gasteiger charge is -2.17. The molecule has 0 unspecified atom stereocenters. The van der Waals surface area contributed by atoms with Gasteiger partial charge in [0, 0.05) is 11.9 Å². The summed E-state index contributed by atoms with van der Waals surface area (Å²) < 4.78 is 37.4. The number of amides is 2. The molecule has 25 heavy (non-hydrogen) atoms. The molecule has 6 nitrogen and oxygen atoms in total. The summed E-state index contributed by atoms with van der Waals surface area (Å²) in [5.41, 5.74) is 0.628. The average molecular weight is 393 g/mol. The first-order valence-corrected chi connectivity index (χ1v) is 8.07. The van der Waals surface area contributed by atoms with Crippen LogP contribution in [0.3, 0.4) is 0 Å². The number of carbonyl (C=O) groups excluding carboxylic acids is 2. The van der Waals surface area contributed by atoms with Crippen LogP contribution in [-0.2, 0) is 15.8 Å². The molecule has 0 fully saturated rings. The third-order valence-corrected chi connectivity index (χ3v) is 4.09. The van der Waals surface area contributed by atoms with Gasteiger partial charge in [0.1, 0.15) is 0 Å². The van der Waals surface area contributed by atoms with E-state index in [4.69, 9.17) is 11.6 Å². The van der Waals surface area contributed by atoms with Crippen LogP contribution in [0.4, 0.5) is 18.3 Å². The summed E-state index contributed by atoms with van der Waals surface area (Å²) >= 11 is 6.02. The fourth-order valence-corrected chi connectivity index (χ4v) is 2.69. The summed E-state index contributed by atoms with van der Waals surface area (Å²) in [6.45, 7) is 1.29. The molecule has 134 valence electrons. The van der Waals surface area contributed by atoms with E-state index in [1.807, 2.05) is 0 Å². The first-order valence-electron chi connectivity index (χ1n) is 6.88. The van der Waals surface area contributed by atoms with Crippen molar-refractivity contribution in [3.8, 4) is 0 Å². The van der Waals surface area contributed by atoms with Gasteiger partial charge in [0.25, 0.3) is 0 Å². The van der Waals surface area contributed by atoms with Crippen LogP contribution >= 0.6 is 22.9 Å². The largest absolute Gasteiger partial charge is 0.445 e. The summed E-state index contributed by atoms with van der Waals surface area (Å²) in [6.07, 6.45) is -4.81. The van der Waals surface area contributed by atoms with Gasteiger partial charge in [-0.05, 0) is 17.7 Å². The number of nitrogens with zero attached hydrogens (tertiary/aromatic N) is 2. The maximum absolute atomic E-state index is 12.5. The van der Waals surface area contributed by atoms with Gasteiger partial charge in [-0.25, -0.2) is 0 Å². The minimum atomic E-state index is -4.62. The van der Waals surface area contributed by atoms with E-state index in [0.29, 0.717) is 10.6 Å². The van der Waals surface area contributed by atoms with Crippen molar-refractivity contribution in [3.05, 3.63) is 39.9 Å². The van der Waals surface area contributed by atoms with Crippen LogP contribution in [0.1, 0.15) is 30.0 Å². The summed E-state index contributed by atoms with van der Waals surface area (Å²) in [5.74, 6) is -0.971. The predicted octanol–water partition coefficient (Wildman–Crippen LogP) is 3.42. The van der Waals surface area contributed by atoms with Crippen molar-refractivity contribution in [3.63, 3.8) is 0 Å². The standard InChI is InChI=1S/C14H12ClF3N4O2S/c1-7(23)19-10(8-2-4-9(15)5-3-8)6-11(24)20-13-22-21-12(25-13)14(16,17)18/h2-5,10H,6H2,1H3,(H,19,23)(H,20,22,24)/t10-/m0/s1. The highest BCUT2D eigenvalue weighted by molar-refractivity contribution is 7.15. The molecule has 0 aliphatic carbocycles. The number of carbonyl (C=O) groups is 2. The zero-order valence-corrected chi connectivity index (χ0v) is 14.3. The quantitative estimate of drug-likeness (QED) is 0.816. The van der Waals surface area contributed by atoms with E-state index < -0.39 is 23.1 Å². The minimum Gasteiger partial charge on any atom is -0.349 e. The van der Waals surface area contributed by atoms with E-state index in [1.54, 1.807) is 24.3 Å². The van der Waals surface area contributed by atoms with E-state index in [-0.39, 0.29) is 28.8 Å². The topological polar surface area (TPSA) is 84.0 Å². The van der Waals surface area contributed by atoms with E-state index in [2.05, 4.69) is 20.8 Å². The smallest absolute Gasteiger partial charge is 0.349 e. The number of benzene rings is 1. The van der Waals surface area contributed by atoms with Crippen molar-refractivity contribution in [2.24, 2.45) is 0 Å². The van der Waals surface area contributed by atoms with Crippen molar-refractivity contribution in [1.82, 2.24) is 15.5 Å². The highest BCUT2D eigenvalue weighted by Gasteiger charge is 2.35. The summed E-state index contributed by atoms with van der Waals surface area (Å²) in [4.78, 5) is 23.4. The molecule has 2 amide bonds. The highest BCUT2D eigenvalue weighted by atomic mass is 35.5. The summed E-state index contributed by atoms with van der Waals surface area (Å²) in [7, 11) is 0. The second-order valence-corrected chi connectivity index (χ2v) is 6.38. The molecule has 11 heteroatoms. The molecule has 2 rings (SSSR count). The van der Waals surface area contributed by atoms with Gasteiger partial charge < -0.3 is 10.6 Å². The number of hydrogen-bond donors (Lipinski definition) is 2. The van der Waals surface area contributed by atoms with Crippen molar-refractivity contribution in [2.75, 3.05) is 5.32 Å². The maximum atomic E-state index is 12.5. The molecule has 0 aliphatic heterocycles. The molecule has 0 saturated carbocycles. The SMILES string of the molecule is CC(=O)N[C@@H](CC(=O)Nc1nnc(C(F)(F)F)s1)c1ccc(Cl)cc1. The zero-order chi connectivity index (χ0) is 18.6. The number of nitrogens with one attached hydrogen (secondary N) is 2. The number of halogens is 4. The normalized spacial score (nSPS) is 12.5. The number of aromatic nitrogens is 2. The molecular weight excluding hydrogens is 381 g/mol. The van der Waals surface area contributed by atoms with Crippen LogP contribution in [0.25, 0.3) is 0 Å². The molecule has 2 aromatic rings. The number of rotatable bonds is 5. The van der Waals surface area contributed by atoms with Crippen molar-refractivity contribution in [2.45, 2.75) is 25.6 Å². The fourth-order valence-electron chi connectivity index (χ4n) is 1.94. The van der Waals surface area contributed by atoms with Crippen LogP contribution in [-0.4, -0.2) is 22.0 Å². The summed E-state index contributed by atoms with van der Waals surface area (Å²) in [5, 5.41) is 10.2. The molecule has 0 radical (unpaired) electrons. The number of alkyl halides is 3. The molecule has 1 atom stereocenters. The fraction of sp³-hybridized carbons (Fsp3) is 0.286. The second kappa shape index (κ2) is 7.79. The van der Waals surface area contributed by atoms with Gasteiger partial charge in [-0.3, -0.25) is 9.59 Å². The number of hydrogen-bond acceptors (Lipinski definition) is 5. The summed E-state index contributed by atoms with van der Waals surface area (Å²) in [6, 6.07) is 5.82. The highest BCUT2D eigenvalue weighted by Crippen LogP contribution is 2.33. The molecule has 0 aliphatic rings. The minimum absolute atomic E-state index is 0.192. The van der Waals surface area contributed by atoms with Crippen molar-refractivity contribution < 1.29 is 22.8 Å². The number of anilines is 1. The van der Waals surface area contributed by atoms with E-state index in [0.717, 1.165) is 0 Å². The molecule has 0 spiro atoms. The Hall–Kier alpha value is -2.20. The van der Waals surface area contributed by atoms with Gasteiger partial charge >= 0.3 is 6.18 Å². The van der Waals surface area contributed by atoms with E-state index in [1.165, 1.54) is 6.92 Å². The van der Waals surface area contributed by atoms with Crippen LogP contribution in [0.2, 0.25) is 5.02 Å². The Labute approximate surface area is 149 Å². The monoisotopic (exact) mass is 392 g/mol. The molecule has 1 heterocycles. The van der Waals surface area contributed by atoms with Gasteiger partial charge in [-0.1, -0.05) is 35.1 Å². The van der Waals surface area contributed by atoms with E-state index in [9.17, 15) is 22.8 Å². The van der Waals surface area contributed by atoms with Crippen molar-refractivity contribution >= 4 is 39.9 Å². The van der Waals surface area contributed by atoms with Gasteiger partial charge in [-0.15, -0.1) is 10.2 Å². The zero-order valence-electron chi connectivity index (χ0n) is 12.7. The van der Waals surface area contributed by atoms with Crippen LogP contribution in [0.15, 0.2) is 24.3 Å². The Kier molecular flexibility index (Phi) is 5.96. The third-order valence-electron chi connectivity index (χ3n) is 2.95. The van der Waals surface area contributed by atoms with Gasteiger partial charge in [0.2, 0.25) is 22.0 Å². The maximum Gasteiger partial charge on any atom is 0.445 e. The van der Waals surface area contributed by atoms with Crippen LogP contribution in [0, 0.1) is 0 Å². The molecule has 0 saturated heterocycles. The predicted molar refractivity (Wildman–Crippen MR) is 86.2 cm³/mol. The van der Waals surface area contributed by atoms with Gasteiger partial charge in [-0.2, -0.15) is 13.2 Å². The average Bonchev–Trinajstić information content (AvgIpc) is 2.95. The van der Waals surface area contributed by atoms with Gasteiger partial charge in [0.05, 0.1) is 12.5 Å². The Morgan fingerprint density at radius 2 is 1.88 bits per heavy atom. The van der Waals surface area contributed by atoms with E-state index >= 15 is 0 Å². The Balaban J connectivity index is 2.07. The second-order valence-electron chi connectivity index (χ2n) is 4.97. The molecule has 0 bridgehead atoms. The Morgan fingerprint density at radius 1 is 1.24 bits per heavy atom. The molecule has 1 aromatic heterocycles.